The van der Waals surface area contributed by atoms with Gasteiger partial charge in [-0.3, -0.25) is 92.6 Å². The van der Waals surface area contributed by atoms with Gasteiger partial charge in [-0.25, -0.2) is 23.1 Å². The molecule has 12 atom stereocenters. The van der Waals surface area contributed by atoms with Gasteiger partial charge in [0.25, 0.3) is 0 Å². The highest BCUT2D eigenvalue weighted by atomic mass is 31.2. The van der Waals surface area contributed by atoms with E-state index in [0.29, 0.717) is 57.8 Å². The Bertz CT molecular complexity index is 3090. The third-order valence-electron chi connectivity index (χ3n) is 20.1. The van der Waals surface area contributed by atoms with Gasteiger partial charge in [-0.1, -0.05) is 239 Å². The smallest absolute Gasteiger partial charge is 0.460 e. The summed E-state index contributed by atoms with van der Waals surface area (Å²) in [5.41, 5.74) is 5.41. The predicted molar refractivity (Wildman–Crippen MR) is 523 cm³/mol. The van der Waals surface area contributed by atoms with Gasteiger partial charge in [-0.05, 0) is 83.5 Å². The Hall–Kier alpha value is -5.61. The van der Waals surface area contributed by atoms with E-state index in [1.807, 2.05) is 6.92 Å². The number of unbranched alkanes of at least 4 members (excludes halogenated alkanes) is 24. The van der Waals surface area contributed by atoms with Crippen LogP contribution in [0.5, 0.6) is 0 Å². The first-order chi connectivity index (χ1) is 64.0. The van der Waals surface area contributed by atoms with Crippen molar-refractivity contribution in [2.45, 2.75) is 402 Å². The van der Waals surface area contributed by atoms with Gasteiger partial charge in [-0.15, -0.1) is 26.3 Å². The second-order valence-corrected chi connectivity index (χ2v) is 39.8. The first-order valence-electron chi connectivity index (χ1n) is 49.1. The van der Waals surface area contributed by atoms with Crippen LogP contribution in [-0.4, -0.2) is 201 Å². The van der Waals surface area contributed by atoms with Crippen molar-refractivity contribution in [2.75, 3.05) is 98.9 Å². The summed E-state index contributed by atoms with van der Waals surface area (Å²) < 4.78 is 138. The van der Waals surface area contributed by atoms with E-state index >= 15 is 0 Å². The van der Waals surface area contributed by atoms with Gasteiger partial charge in [0.2, 0.25) is 23.6 Å². The zero-order valence-electron chi connectivity index (χ0n) is 84.1. The lowest BCUT2D eigenvalue weighted by Gasteiger charge is -2.24. The van der Waals surface area contributed by atoms with E-state index in [9.17, 15) is 61.4 Å². The highest BCUT2D eigenvalue weighted by molar-refractivity contribution is 7.49. The Morgan fingerprint density at radius 2 is 0.478 bits per heavy atom. The summed E-state index contributed by atoms with van der Waals surface area (Å²) in [6.07, 6.45) is 42.9. The van der Waals surface area contributed by atoms with Gasteiger partial charge in [-0.2, -0.15) is 0 Å². The number of amides is 6. The highest BCUT2D eigenvalue weighted by Crippen LogP contribution is 2.52. The Balaban J connectivity index is -0.00000216. The van der Waals surface area contributed by atoms with Gasteiger partial charge in [0, 0.05) is 99.2 Å². The van der Waals surface area contributed by atoms with Gasteiger partial charge in [0.05, 0.1) is 79.3 Å². The number of carbonyl (C=O) groups excluding carboxylic acids is 9. The van der Waals surface area contributed by atoms with Crippen LogP contribution >= 0.6 is 31.3 Å². The zero-order chi connectivity index (χ0) is 101. The van der Waals surface area contributed by atoms with E-state index in [1.165, 1.54) is 195 Å². The van der Waals surface area contributed by atoms with E-state index < -0.39 is 85.6 Å². The molecule has 0 aromatic carbocycles. The number of ether oxygens (including phenoxy) is 4. The minimum absolute atomic E-state index is 0.00426. The third-order valence-corrected chi connectivity index (χ3v) is 25.8. The lowest BCUT2D eigenvalue weighted by molar-refractivity contribution is -0.149. The van der Waals surface area contributed by atoms with Crippen LogP contribution in [0.4, 0.5) is 4.79 Å². The number of phosphoric acid groups is 4. The molecular formula is C94H179N7O29P4. The summed E-state index contributed by atoms with van der Waals surface area (Å²) in [6.45, 7) is 34.1. The van der Waals surface area contributed by atoms with Crippen molar-refractivity contribution in [2.24, 2.45) is 5.73 Å². The summed E-state index contributed by atoms with van der Waals surface area (Å²) in [6, 6.07) is -0.999. The first-order valence-corrected chi connectivity index (χ1v) is 54.9. The topological polar surface area (TPSA) is 468 Å². The molecule has 40 heteroatoms. The second-order valence-electron chi connectivity index (χ2n) is 33.1. The van der Waals surface area contributed by atoms with Crippen LogP contribution in [0, 0.1) is 0 Å². The maximum absolute atomic E-state index is 13.5. The van der Waals surface area contributed by atoms with Crippen molar-refractivity contribution in [3.8, 4) is 0 Å². The van der Waals surface area contributed by atoms with E-state index in [0.717, 1.165) is 89.9 Å². The number of hydrogen-bond donors (Lipinski definition) is 7. The summed E-state index contributed by atoms with van der Waals surface area (Å²) in [5.74, 6) is -2.56. The molecule has 0 saturated carbocycles. The molecule has 0 aliphatic carbocycles. The minimum atomic E-state index is -4.23. The molecule has 0 aromatic heterocycles. The fourth-order valence-corrected chi connectivity index (χ4v) is 18.5. The lowest BCUT2D eigenvalue weighted by atomic mass is 10.0. The second kappa shape index (κ2) is 88.8. The number of rotatable bonds is 90. The Morgan fingerprint density at radius 1 is 0.269 bits per heavy atom. The fourth-order valence-electron chi connectivity index (χ4n) is 13.7. The maximum Gasteiger partial charge on any atom is 0.475 e. The predicted octanol–water partition coefficient (Wildman–Crippen LogP) is 20.4. The summed E-state index contributed by atoms with van der Waals surface area (Å²) in [5, 5.41) is 17.0. The molecule has 0 spiro atoms. The van der Waals surface area contributed by atoms with Gasteiger partial charge in [0.15, 0.2) is 0 Å². The zero-order valence-corrected chi connectivity index (χ0v) is 87.6. The van der Waals surface area contributed by atoms with Crippen LogP contribution in [0.2, 0.25) is 0 Å². The van der Waals surface area contributed by atoms with Gasteiger partial charge in [0.1, 0.15) is 24.4 Å². The van der Waals surface area contributed by atoms with Crippen LogP contribution < -0.4 is 37.6 Å². The van der Waals surface area contributed by atoms with Crippen LogP contribution in [-0.2, 0) is 130 Å². The Kier molecular flexibility index (Phi) is 87.8. The molecule has 0 aliphatic rings. The van der Waals surface area contributed by atoms with Crippen LogP contribution in [0.3, 0.4) is 0 Å². The van der Waals surface area contributed by atoms with Crippen molar-refractivity contribution >= 4 is 84.8 Å². The van der Waals surface area contributed by atoms with Crippen molar-refractivity contribution in [3.05, 3.63) is 50.6 Å². The molecule has 0 rings (SSSR count). The number of esters is 4. The number of nitrogens with two attached hydrogens (primary N) is 1. The molecule has 12 unspecified atom stereocenters. The molecule has 6 amide bonds. The largest absolute Gasteiger partial charge is 0.475 e. The third kappa shape index (κ3) is 85.6. The monoisotopic (exact) mass is 1990 g/mol. The van der Waals surface area contributed by atoms with E-state index in [1.54, 1.807) is 0 Å². The minimum Gasteiger partial charge on any atom is -0.460 e. The highest BCUT2D eigenvalue weighted by Gasteiger charge is 2.34. The molecule has 134 heavy (non-hydrogen) atoms. The average Bonchev–Trinajstić information content (AvgIpc) is 0.893. The molecule has 0 heterocycles. The van der Waals surface area contributed by atoms with Crippen LogP contribution in [0.25, 0.3) is 0 Å². The number of phosphoric ester groups is 4. The number of nitrogens with one attached hydrogen (secondary N) is 6. The van der Waals surface area contributed by atoms with Crippen molar-refractivity contribution in [3.63, 3.8) is 0 Å². The standard InChI is InChI=1S/C47H88N4O15P2.C24H46NO7P.C23H45N2O7P/c1-9-13-15-17-19-21-23-25-43(50-39(5)52)27-29-45(65-41(7)54)37-63-67(57,59-33-11-3)61-35-31-48-47(56)49-32-36-62-68(58,60-34-12-4)64-38-46(66-42(8)55)30-28-44(51-40(6)53)26-24-22-20-18-16-14-10-2;1-6-9-10-11-12-13-14-15-23(25-21(4)26)16-17-24(32-22(5)27)20-31-33(28,29-18-7-2)30-19-8-3;1-5-7-8-9-10-11-12-13-22(25-20(3)26)14-15-23(32-21(4)27)19-31-33(28,29-17-6-2)30-18-16-24/h11-12,43-46H,3-4,9-10,13-38H2,1-2,5-8H3,(H,50,52)(H,51,53)(H2,48,49,56);7,23-24H,2,6,8-20H2,1,3-5H3,(H,25,26);6,22-23H,2,5,7-19,24H2,1,3-4H3,(H,25,26). The Morgan fingerprint density at radius 3 is 0.672 bits per heavy atom. The molecule has 0 bridgehead atoms. The summed E-state index contributed by atoms with van der Waals surface area (Å²) in [4.78, 5) is 107. The maximum atomic E-state index is 13.5. The van der Waals surface area contributed by atoms with Crippen LogP contribution in [0.1, 0.15) is 353 Å². The molecule has 0 aliphatic heterocycles. The van der Waals surface area contributed by atoms with Crippen LogP contribution in [0.15, 0.2) is 50.6 Å². The number of urea groups is 1. The van der Waals surface area contributed by atoms with E-state index in [-0.39, 0.29) is 147 Å². The lowest BCUT2D eigenvalue weighted by Crippen LogP contribution is -2.38. The Labute approximate surface area is 804 Å². The fraction of sp³-hybridized carbons (Fsp3) is 0.819. The molecule has 0 saturated heterocycles. The molecular weight excluding hydrogens is 1810 g/mol. The van der Waals surface area contributed by atoms with E-state index in [4.69, 9.17) is 79.0 Å². The number of carbonyl (C=O) groups is 9. The van der Waals surface area contributed by atoms with Gasteiger partial charge < -0.3 is 56.6 Å². The SMILES string of the molecule is C=CCOP(=O)(OCCC)OCC(CCC(CCCCCCCCC)NC(C)=O)OC(C)=O.C=CCOP(=O)(OCCN)OCC(CCC(CCCCCCCCC)NC(C)=O)OC(C)=O.C=CCOP(=O)(OCCNC(=O)NCCOP(=O)(OCC=C)OCC(CCC(CCCCCCCCC)NC(C)=O)OC(C)=O)OCC(CCC(CCCCCCCCC)NC(C)=O)OC(C)=O. The molecule has 8 N–H and O–H groups in total. The molecule has 0 radical (unpaired) electrons. The summed E-state index contributed by atoms with van der Waals surface area (Å²) >= 11 is 0. The molecule has 0 aromatic rings. The average molecular weight is 2000 g/mol. The first kappa shape index (κ1) is 133. The quantitative estimate of drug-likeness (QED) is 0.00977. The summed E-state index contributed by atoms with van der Waals surface area (Å²) in [7, 11) is -16.1. The van der Waals surface area contributed by atoms with Crippen molar-refractivity contribution in [1.29, 1.82) is 0 Å². The molecule has 36 nitrogen and oxygen atoms in total. The van der Waals surface area contributed by atoms with Gasteiger partial charge >= 0.3 is 61.2 Å². The normalized spacial score (nSPS) is 14.8. The van der Waals surface area contributed by atoms with E-state index in [2.05, 4.69) is 85.9 Å². The molecule has 0 fully saturated rings. The molecule has 784 valence electrons. The van der Waals surface area contributed by atoms with Crippen molar-refractivity contribution < 1.29 is 135 Å². The number of hydrogen-bond acceptors (Lipinski definition) is 30. The van der Waals surface area contributed by atoms with Crippen molar-refractivity contribution in [1.82, 2.24) is 31.9 Å².